The molecule has 7 heteroatoms. The van der Waals surface area contributed by atoms with Crippen LogP contribution in [0.1, 0.15) is 11.5 Å². The Morgan fingerprint density at radius 2 is 1.96 bits per heavy atom. The van der Waals surface area contributed by atoms with Crippen LogP contribution in [0.15, 0.2) is 62.7 Å². The predicted molar refractivity (Wildman–Crippen MR) is 86.2 cm³/mol. The van der Waals surface area contributed by atoms with Gasteiger partial charge in [-0.1, -0.05) is 44.4 Å². The van der Waals surface area contributed by atoms with Crippen LogP contribution in [0.5, 0.6) is 0 Å². The molecule has 3 rings (SSSR count). The van der Waals surface area contributed by atoms with Crippen molar-refractivity contribution in [1.82, 2.24) is 10.1 Å². The number of rotatable bonds is 5. The van der Waals surface area contributed by atoms with Crippen LogP contribution < -0.4 is 0 Å². The third-order valence-electron chi connectivity index (χ3n) is 2.93. The maximum atomic E-state index is 12.9. The van der Waals surface area contributed by atoms with Gasteiger partial charge in [-0.2, -0.15) is 4.98 Å². The molecule has 3 aromatic rings. The fourth-order valence-electron chi connectivity index (χ4n) is 1.80. The van der Waals surface area contributed by atoms with Crippen molar-refractivity contribution in [3.63, 3.8) is 0 Å². The van der Waals surface area contributed by atoms with Crippen molar-refractivity contribution in [2.75, 3.05) is 0 Å². The van der Waals surface area contributed by atoms with Gasteiger partial charge in [0.15, 0.2) is 6.61 Å². The highest BCUT2D eigenvalue weighted by Crippen LogP contribution is 2.16. The van der Waals surface area contributed by atoms with Gasteiger partial charge in [-0.05, 0) is 30.3 Å². The Morgan fingerprint density at radius 1 is 1.17 bits per heavy atom. The summed E-state index contributed by atoms with van der Waals surface area (Å²) in [7, 11) is 0. The zero-order valence-corrected chi connectivity index (χ0v) is 13.4. The third kappa shape index (κ3) is 4.01. The van der Waals surface area contributed by atoms with E-state index in [2.05, 4.69) is 31.2 Å². The van der Waals surface area contributed by atoms with E-state index in [0.717, 1.165) is 10.0 Å². The lowest BCUT2D eigenvalue weighted by Gasteiger charge is -1.96. The van der Waals surface area contributed by atoms with E-state index in [1.807, 2.05) is 24.3 Å². The standard InChI is InChI=1S/C16H11BrFN3O2/c17-14-4-2-1-3-12(14)9-19-22-10-15-20-16(21-23-15)11-5-7-13(18)8-6-11/h1-9H,10H2/b19-9-. The predicted octanol–water partition coefficient (Wildman–Crippen LogP) is 4.19. The van der Waals surface area contributed by atoms with E-state index in [9.17, 15) is 4.39 Å². The Morgan fingerprint density at radius 3 is 2.74 bits per heavy atom. The number of hydrogen-bond acceptors (Lipinski definition) is 5. The van der Waals surface area contributed by atoms with Crippen molar-refractivity contribution >= 4 is 22.1 Å². The molecule has 1 heterocycles. The largest absolute Gasteiger partial charge is 0.386 e. The minimum atomic E-state index is -0.317. The summed E-state index contributed by atoms with van der Waals surface area (Å²) in [6.07, 6.45) is 1.58. The molecule has 0 spiro atoms. The number of aromatic nitrogens is 2. The average molecular weight is 376 g/mol. The van der Waals surface area contributed by atoms with Crippen LogP contribution in [0.2, 0.25) is 0 Å². The second-order valence-corrected chi connectivity index (χ2v) is 5.40. The van der Waals surface area contributed by atoms with Crippen LogP contribution >= 0.6 is 15.9 Å². The Bertz CT molecular complexity index is 818. The first kappa shape index (κ1) is 15.4. The highest BCUT2D eigenvalue weighted by atomic mass is 79.9. The van der Waals surface area contributed by atoms with E-state index >= 15 is 0 Å². The smallest absolute Gasteiger partial charge is 0.267 e. The fourth-order valence-corrected chi connectivity index (χ4v) is 2.18. The molecule has 0 N–H and O–H groups in total. The lowest BCUT2D eigenvalue weighted by molar-refractivity contribution is 0.107. The van der Waals surface area contributed by atoms with Gasteiger partial charge in [0, 0.05) is 15.6 Å². The minimum absolute atomic E-state index is 0.0507. The molecular weight excluding hydrogens is 365 g/mol. The molecule has 2 aromatic carbocycles. The van der Waals surface area contributed by atoms with E-state index < -0.39 is 0 Å². The third-order valence-corrected chi connectivity index (χ3v) is 3.65. The molecule has 0 aliphatic rings. The summed E-state index contributed by atoms with van der Waals surface area (Å²) in [4.78, 5) is 9.30. The molecule has 1 aromatic heterocycles. The van der Waals surface area contributed by atoms with Crippen molar-refractivity contribution in [2.24, 2.45) is 5.16 Å². The van der Waals surface area contributed by atoms with Crippen LogP contribution in [0, 0.1) is 5.82 Å². The quantitative estimate of drug-likeness (QED) is 0.495. The van der Waals surface area contributed by atoms with Gasteiger partial charge in [-0.25, -0.2) is 4.39 Å². The van der Waals surface area contributed by atoms with Gasteiger partial charge in [-0.15, -0.1) is 0 Å². The Labute approximate surface area is 139 Å². The van der Waals surface area contributed by atoms with Crippen LogP contribution in [0.25, 0.3) is 11.4 Å². The highest BCUT2D eigenvalue weighted by Gasteiger charge is 2.08. The van der Waals surface area contributed by atoms with Gasteiger partial charge < -0.3 is 9.36 Å². The number of hydrogen-bond donors (Lipinski definition) is 0. The minimum Gasteiger partial charge on any atom is -0.386 e. The van der Waals surface area contributed by atoms with Crippen molar-refractivity contribution < 1.29 is 13.8 Å². The molecular formula is C16H11BrFN3O2. The van der Waals surface area contributed by atoms with Crippen molar-refractivity contribution in [2.45, 2.75) is 6.61 Å². The molecule has 0 fully saturated rings. The molecule has 0 bridgehead atoms. The lowest BCUT2D eigenvalue weighted by atomic mass is 10.2. The summed E-state index contributed by atoms with van der Waals surface area (Å²) in [6, 6.07) is 13.5. The lowest BCUT2D eigenvalue weighted by Crippen LogP contribution is -1.89. The molecule has 0 saturated carbocycles. The summed E-state index contributed by atoms with van der Waals surface area (Å²) in [5.41, 5.74) is 1.56. The van der Waals surface area contributed by atoms with Gasteiger partial charge in [0.05, 0.1) is 6.21 Å². The summed E-state index contributed by atoms with van der Waals surface area (Å²) in [5.74, 6) is 0.342. The number of oxime groups is 1. The molecule has 0 radical (unpaired) electrons. The van der Waals surface area contributed by atoms with Crippen LogP contribution in [0.3, 0.4) is 0 Å². The van der Waals surface area contributed by atoms with E-state index in [-0.39, 0.29) is 18.3 Å². The summed E-state index contributed by atoms with van der Waals surface area (Å²) in [5, 5.41) is 7.68. The van der Waals surface area contributed by atoms with Crippen molar-refractivity contribution in [1.29, 1.82) is 0 Å². The normalized spacial score (nSPS) is 11.0. The first-order chi connectivity index (χ1) is 11.2. The van der Waals surface area contributed by atoms with Gasteiger partial charge in [-0.3, -0.25) is 0 Å². The molecule has 5 nitrogen and oxygen atoms in total. The maximum Gasteiger partial charge on any atom is 0.267 e. The Hall–Kier alpha value is -2.54. The first-order valence-electron chi connectivity index (χ1n) is 6.71. The van der Waals surface area contributed by atoms with Gasteiger partial charge in [0.1, 0.15) is 5.82 Å². The second kappa shape index (κ2) is 7.15. The summed E-state index contributed by atoms with van der Waals surface area (Å²) in [6.45, 7) is 0.0507. The molecule has 116 valence electrons. The average Bonchev–Trinajstić information content (AvgIpc) is 3.03. The van der Waals surface area contributed by atoms with E-state index in [1.165, 1.54) is 12.1 Å². The first-order valence-corrected chi connectivity index (χ1v) is 7.50. The maximum absolute atomic E-state index is 12.9. The summed E-state index contributed by atoms with van der Waals surface area (Å²) >= 11 is 3.41. The number of halogens is 2. The highest BCUT2D eigenvalue weighted by molar-refractivity contribution is 9.10. The molecule has 0 unspecified atom stereocenters. The van der Waals surface area contributed by atoms with Crippen LogP contribution in [0.4, 0.5) is 4.39 Å². The van der Waals surface area contributed by atoms with Gasteiger partial charge in [0.2, 0.25) is 5.82 Å². The molecule has 0 aliphatic heterocycles. The topological polar surface area (TPSA) is 60.5 Å². The zero-order chi connectivity index (χ0) is 16.1. The molecule has 23 heavy (non-hydrogen) atoms. The zero-order valence-electron chi connectivity index (χ0n) is 11.8. The number of benzene rings is 2. The van der Waals surface area contributed by atoms with Crippen LogP contribution in [-0.4, -0.2) is 16.4 Å². The Balaban J connectivity index is 1.59. The van der Waals surface area contributed by atoms with E-state index in [1.54, 1.807) is 18.3 Å². The van der Waals surface area contributed by atoms with Crippen molar-refractivity contribution in [3.8, 4) is 11.4 Å². The summed E-state index contributed by atoms with van der Waals surface area (Å²) < 4.78 is 18.9. The van der Waals surface area contributed by atoms with E-state index in [4.69, 9.17) is 9.36 Å². The van der Waals surface area contributed by atoms with E-state index in [0.29, 0.717) is 11.4 Å². The molecule has 0 atom stereocenters. The number of nitrogens with zero attached hydrogens (tertiary/aromatic N) is 3. The fraction of sp³-hybridized carbons (Fsp3) is 0.0625. The molecule has 0 aliphatic carbocycles. The van der Waals surface area contributed by atoms with Gasteiger partial charge >= 0.3 is 0 Å². The van der Waals surface area contributed by atoms with Crippen molar-refractivity contribution in [3.05, 3.63) is 70.3 Å². The van der Waals surface area contributed by atoms with Gasteiger partial charge in [0.25, 0.3) is 5.89 Å². The SMILES string of the molecule is Fc1ccc(-c2noc(CO/N=C\c3ccccc3Br)n2)cc1. The van der Waals surface area contributed by atoms with Crippen LogP contribution in [-0.2, 0) is 11.4 Å². The Kier molecular flexibility index (Phi) is 4.77. The monoisotopic (exact) mass is 375 g/mol. The molecule has 0 amide bonds. The second-order valence-electron chi connectivity index (χ2n) is 4.55. The molecule has 0 saturated heterocycles.